The summed E-state index contributed by atoms with van der Waals surface area (Å²) in [6.07, 6.45) is 11.9. The van der Waals surface area contributed by atoms with Crippen LogP contribution in [-0.2, 0) is 10.8 Å². The van der Waals surface area contributed by atoms with E-state index in [4.69, 9.17) is 5.10 Å². The number of anilines is 2. The molecule has 3 fully saturated rings. The molecule has 0 bridgehead atoms. The average molecular weight is 749 g/mol. The molecule has 310 valence electrons. The van der Waals surface area contributed by atoms with Gasteiger partial charge in [0, 0.05) is 68.4 Å². The van der Waals surface area contributed by atoms with Crippen molar-refractivity contribution in [3.8, 4) is 0 Å². The molecule has 0 radical (unpaired) electrons. The Morgan fingerprint density at radius 2 is 1.15 bits per heavy atom. The van der Waals surface area contributed by atoms with Gasteiger partial charge in [-0.1, -0.05) is 133 Å². The van der Waals surface area contributed by atoms with Crippen LogP contribution in [0, 0.1) is 0 Å². The molecule has 0 amide bonds. The largest absolute Gasteiger partial charge is 0.380 e. The molecule has 6 nitrogen and oxygen atoms in total. The number of piperidine rings is 1. The summed E-state index contributed by atoms with van der Waals surface area (Å²) in [5, 5.41) is 15.7. The van der Waals surface area contributed by atoms with Crippen LogP contribution < -0.4 is 10.2 Å². The number of para-hydroxylation sites is 2. The lowest BCUT2D eigenvalue weighted by Crippen LogP contribution is -2.28. The first-order valence-corrected chi connectivity index (χ1v) is 21.3. The Balaban J connectivity index is -0.000000865. The highest BCUT2D eigenvalue weighted by Crippen LogP contribution is 2.50. The van der Waals surface area contributed by atoms with E-state index in [9.17, 15) is 0 Å². The molecular weight excluding hydrogens is 661 g/mol. The summed E-state index contributed by atoms with van der Waals surface area (Å²) < 4.78 is 2.22. The van der Waals surface area contributed by atoms with E-state index in [1.807, 2.05) is 6.07 Å². The smallest absolute Gasteiger partial charge is 0.0720 e. The third kappa shape index (κ3) is 9.63. The van der Waals surface area contributed by atoms with Crippen LogP contribution >= 0.6 is 0 Å². The lowest BCUT2D eigenvalue weighted by Gasteiger charge is -2.28. The van der Waals surface area contributed by atoms with E-state index in [-0.39, 0.29) is 20.8 Å². The molecule has 7 rings (SSSR count). The van der Waals surface area contributed by atoms with Crippen LogP contribution in [0.3, 0.4) is 0 Å². The van der Waals surface area contributed by atoms with Crippen LogP contribution in [0.1, 0.15) is 209 Å². The maximum atomic E-state index is 4.95. The van der Waals surface area contributed by atoms with Crippen LogP contribution in [0.4, 0.5) is 11.4 Å². The van der Waals surface area contributed by atoms with Gasteiger partial charge in [-0.05, 0) is 96.6 Å². The summed E-state index contributed by atoms with van der Waals surface area (Å²) in [6.45, 7) is 31.6. The van der Waals surface area contributed by atoms with Crippen molar-refractivity contribution in [1.29, 1.82) is 0 Å². The second-order valence-corrected chi connectivity index (χ2v) is 19.6. The first-order chi connectivity index (χ1) is 25.4. The fourth-order valence-corrected chi connectivity index (χ4v) is 8.60. The molecule has 2 saturated carbocycles. The third-order valence-corrected chi connectivity index (χ3v) is 11.9. The van der Waals surface area contributed by atoms with Crippen LogP contribution in [0.15, 0.2) is 60.9 Å². The molecule has 4 atom stereocenters. The van der Waals surface area contributed by atoms with Gasteiger partial charge in [0.15, 0.2) is 0 Å². The second kappa shape index (κ2) is 17.1. The number of nitrogens with zero attached hydrogens (tertiary/aromatic N) is 4. The fourth-order valence-electron chi connectivity index (χ4n) is 8.60. The van der Waals surface area contributed by atoms with E-state index in [1.54, 1.807) is 23.0 Å². The van der Waals surface area contributed by atoms with Crippen molar-refractivity contribution in [3.05, 3.63) is 94.6 Å². The SMILES string of the molecule is CC(C)(C)c1ccn[nH]1.CC(C)c1cccc(C(C)C)c1N1C2CCCC21.CC(C)c1cccc(C(C)C)c1N[C@H]1CCC[C@@H]1n1ccc(C(C)(C)C)n1.[HH].[HH].[HH].[HH].[HH].[HH].[HH]. The van der Waals surface area contributed by atoms with Crippen LogP contribution in [0.5, 0.6) is 0 Å². The van der Waals surface area contributed by atoms with Gasteiger partial charge in [-0.15, -0.1) is 0 Å². The number of rotatable bonds is 8. The normalized spacial score (nSPS) is 21.0. The number of benzene rings is 2. The summed E-state index contributed by atoms with van der Waals surface area (Å²) in [5.41, 5.74) is 11.6. The molecule has 2 unspecified atom stereocenters. The standard InChI is InChI=1S/C24H37N3.C17H25N.C7H12N2.7H2/c1-16(2)18-10-8-11-19(17(3)4)23(18)25-20-12-9-13-21(20)27-15-14-22(26-27)24(5,6)7;1-11(2)13-7-5-8-14(12(3)4)17(13)18-15-9-6-10-16(15)18;1-7(2,3)6-4-5-8-9-6;;;;;;;/h8,10-11,14-17,20-21,25H,9,12-13H2,1-7H3;5,7-8,11-12,15-16H,6,9-10H2,1-4H3;4-5H,1-3H3,(H,8,9);7*1H/t20-,21-;;;;;;;;;/m0........./s1. The van der Waals surface area contributed by atoms with Crippen LogP contribution in [-0.4, -0.2) is 38.1 Å². The highest BCUT2D eigenvalue weighted by molar-refractivity contribution is 5.68. The van der Waals surface area contributed by atoms with E-state index < -0.39 is 0 Å². The molecule has 6 heteroatoms. The number of hydrogen-bond acceptors (Lipinski definition) is 4. The van der Waals surface area contributed by atoms with Gasteiger partial charge in [-0.3, -0.25) is 9.78 Å². The number of fused-ring (bicyclic) bond motifs is 1. The number of aromatic nitrogens is 4. The average Bonchev–Trinajstić information content (AvgIpc) is 3.78. The van der Waals surface area contributed by atoms with E-state index in [2.05, 4.69) is 171 Å². The van der Waals surface area contributed by atoms with Crippen molar-refractivity contribution < 1.29 is 9.99 Å². The first-order valence-electron chi connectivity index (χ1n) is 21.3. The number of aromatic amines is 1. The lowest BCUT2D eigenvalue weighted by molar-refractivity contribution is 0.424. The quantitative estimate of drug-likeness (QED) is 0.176. The zero-order chi connectivity index (χ0) is 39.5. The topological polar surface area (TPSA) is 61.5 Å². The van der Waals surface area contributed by atoms with Gasteiger partial charge in [0.1, 0.15) is 0 Å². The Labute approximate surface area is 339 Å². The molecule has 2 aliphatic carbocycles. The third-order valence-electron chi connectivity index (χ3n) is 11.9. The van der Waals surface area contributed by atoms with Crippen molar-refractivity contribution in [2.24, 2.45) is 0 Å². The summed E-state index contributed by atoms with van der Waals surface area (Å²) >= 11 is 0. The summed E-state index contributed by atoms with van der Waals surface area (Å²) in [5.74, 6) is 2.28. The van der Waals surface area contributed by atoms with Gasteiger partial charge in [0.05, 0.1) is 11.7 Å². The predicted octanol–water partition coefficient (Wildman–Crippen LogP) is 14.7. The molecule has 3 heterocycles. The zero-order valence-electron chi connectivity index (χ0n) is 36.4. The van der Waals surface area contributed by atoms with Gasteiger partial charge in [-0.25, -0.2) is 0 Å². The Morgan fingerprint density at radius 1 is 0.648 bits per heavy atom. The molecule has 1 aliphatic heterocycles. The van der Waals surface area contributed by atoms with Gasteiger partial charge in [-0.2, -0.15) is 10.2 Å². The first kappa shape index (κ1) is 41.6. The van der Waals surface area contributed by atoms with Crippen molar-refractivity contribution in [2.75, 3.05) is 10.2 Å². The number of H-pyrrole nitrogens is 1. The molecule has 54 heavy (non-hydrogen) atoms. The molecule has 2 aromatic carbocycles. The van der Waals surface area contributed by atoms with Crippen molar-refractivity contribution in [1.82, 2.24) is 20.0 Å². The Kier molecular flexibility index (Phi) is 13.2. The minimum absolute atomic E-state index is 0. The highest BCUT2D eigenvalue weighted by Gasteiger charge is 2.51. The highest BCUT2D eigenvalue weighted by atomic mass is 15.4. The van der Waals surface area contributed by atoms with E-state index in [0.717, 1.165) is 12.1 Å². The number of nitrogens with one attached hydrogen (secondary N) is 2. The van der Waals surface area contributed by atoms with Gasteiger partial charge in [0.2, 0.25) is 0 Å². The van der Waals surface area contributed by atoms with E-state index in [1.165, 1.54) is 66.7 Å². The van der Waals surface area contributed by atoms with Crippen molar-refractivity contribution >= 4 is 11.4 Å². The Bertz CT molecular complexity index is 1730. The minimum Gasteiger partial charge on any atom is -0.380 e. The molecule has 3 aliphatic rings. The maximum Gasteiger partial charge on any atom is 0.0720 e. The van der Waals surface area contributed by atoms with Crippen molar-refractivity contribution in [2.45, 2.75) is 194 Å². The molecular formula is C48H88N6. The molecule has 4 aromatic rings. The van der Waals surface area contributed by atoms with Crippen molar-refractivity contribution in [3.63, 3.8) is 0 Å². The number of hydrogen-bond donors (Lipinski definition) is 2. The molecule has 2 N–H and O–H groups in total. The minimum atomic E-state index is 0. The Morgan fingerprint density at radius 3 is 1.57 bits per heavy atom. The fraction of sp³-hybridized carbons (Fsp3) is 0.625. The second-order valence-electron chi connectivity index (χ2n) is 19.6. The summed E-state index contributed by atoms with van der Waals surface area (Å²) in [6, 6.07) is 20.5. The monoisotopic (exact) mass is 749 g/mol. The van der Waals surface area contributed by atoms with Gasteiger partial charge < -0.3 is 10.2 Å². The van der Waals surface area contributed by atoms with E-state index >= 15 is 0 Å². The van der Waals surface area contributed by atoms with E-state index in [0.29, 0.717) is 35.8 Å². The van der Waals surface area contributed by atoms with Crippen LogP contribution in [0.2, 0.25) is 0 Å². The lowest BCUT2D eigenvalue weighted by atomic mass is 9.92. The molecule has 2 aromatic heterocycles. The zero-order valence-corrected chi connectivity index (χ0v) is 36.4. The molecule has 1 saturated heterocycles. The maximum absolute atomic E-state index is 4.95. The summed E-state index contributed by atoms with van der Waals surface area (Å²) in [7, 11) is 0. The van der Waals surface area contributed by atoms with Crippen LogP contribution in [0.25, 0.3) is 0 Å². The summed E-state index contributed by atoms with van der Waals surface area (Å²) in [4.78, 5) is 2.72. The van der Waals surface area contributed by atoms with Gasteiger partial charge >= 0.3 is 0 Å². The van der Waals surface area contributed by atoms with Gasteiger partial charge in [0.25, 0.3) is 0 Å². The molecule has 0 spiro atoms. The Hall–Kier alpha value is -3.54. The predicted molar refractivity (Wildman–Crippen MR) is 246 cm³/mol.